The Morgan fingerprint density at radius 2 is 1.80 bits per heavy atom. The summed E-state index contributed by atoms with van der Waals surface area (Å²) in [5.41, 5.74) is 4.93. The van der Waals surface area contributed by atoms with Gasteiger partial charge >= 0.3 is 0 Å². The quantitative estimate of drug-likeness (QED) is 0.217. The second kappa shape index (κ2) is 11.8. The molecule has 41 heavy (non-hydrogen) atoms. The Hall–Kier alpha value is -4.11. The Kier molecular flexibility index (Phi) is 8.17. The number of anilines is 2. The number of rotatable bonds is 8. The number of allylic oxidation sites excluding steroid dienone is 1. The zero-order valence-corrected chi connectivity index (χ0v) is 25.5. The average Bonchev–Trinajstić information content (AvgIpc) is 3.40. The van der Waals surface area contributed by atoms with Crippen molar-refractivity contribution in [2.24, 2.45) is 0 Å². The summed E-state index contributed by atoms with van der Waals surface area (Å²) in [4.78, 5) is 18.3. The van der Waals surface area contributed by atoms with Gasteiger partial charge in [0.2, 0.25) is 5.95 Å². The summed E-state index contributed by atoms with van der Waals surface area (Å²) in [5.74, 6) is 1.51. The van der Waals surface area contributed by atoms with E-state index in [0.29, 0.717) is 47.6 Å². The van der Waals surface area contributed by atoms with Crippen molar-refractivity contribution in [2.75, 3.05) is 17.2 Å². The second-order valence-corrected chi connectivity index (χ2v) is 11.8. The molecule has 1 aliphatic heterocycles. The number of halogens is 1. The number of amides is 1. The van der Waals surface area contributed by atoms with E-state index >= 15 is 0 Å². The molecular formula is C32H34BrN5O3. The van der Waals surface area contributed by atoms with Crippen molar-refractivity contribution in [3.8, 4) is 11.5 Å². The summed E-state index contributed by atoms with van der Waals surface area (Å²) in [6, 6.07) is 21.1. The van der Waals surface area contributed by atoms with Gasteiger partial charge in [0.25, 0.3) is 5.91 Å². The van der Waals surface area contributed by atoms with Crippen LogP contribution in [0.4, 0.5) is 11.6 Å². The maximum absolute atomic E-state index is 14.0. The predicted octanol–water partition coefficient (Wildman–Crippen LogP) is 7.24. The molecule has 0 saturated heterocycles. The monoisotopic (exact) mass is 615 g/mol. The van der Waals surface area contributed by atoms with Crippen molar-refractivity contribution < 1.29 is 14.3 Å². The van der Waals surface area contributed by atoms with E-state index in [4.69, 9.17) is 9.47 Å². The first-order valence-corrected chi connectivity index (χ1v) is 14.4. The molecular weight excluding hydrogens is 582 g/mol. The number of carbonyl (C=O) groups is 1. The molecule has 1 aliphatic rings. The molecule has 212 valence electrons. The lowest BCUT2D eigenvalue weighted by atomic mass is 9.87. The summed E-state index contributed by atoms with van der Waals surface area (Å²) in [5, 5.41) is 10.8. The van der Waals surface area contributed by atoms with E-state index in [-0.39, 0.29) is 11.3 Å². The van der Waals surface area contributed by atoms with Crippen molar-refractivity contribution in [1.82, 2.24) is 14.8 Å². The number of ether oxygens (including phenoxy) is 2. The normalized spacial score (nSPS) is 14.7. The lowest BCUT2D eigenvalue weighted by molar-refractivity contribution is -0.113. The second-order valence-electron chi connectivity index (χ2n) is 10.9. The van der Waals surface area contributed by atoms with Gasteiger partial charge in [0.1, 0.15) is 30.5 Å². The number of benzene rings is 3. The third kappa shape index (κ3) is 6.15. The summed E-state index contributed by atoms with van der Waals surface area (Å²) in [7, 11) is 0. The molecule has 0 spiro atoms. The zero-order chi connectivity index (χ0) is 29.1. The molecule has 0 radical (unpaired) electrons. The van der Waals surface area contributed by atoms with Crippen LogP contribution >= 0.6 is 15.9 Å². The van der Waals surface area contributed by atoms with Crippen molar-refractivity contribution in [2.45, 2.75) is 52.7 Å². The van der Waals surface area contributed by atoms with Gasteiger partial charge in [0.05, 0.1) is 17.9 Å². The molecule has 1 aromatic heterocycles. The van der Waals surface area contributed by atoms with Crippen LogP contribution in [-0.4, -0.2) is 27.3 Å². The van der Waals surface area contributed by atoms with Crippen LogP contribution in [0.1, 0.15) is 57.4 Å². The van der Waals surface area contributed by atoms with Crippen LogP contribution < -0.4 is 20.1 Å². The Morgan fingerprint density at radius 1 is 1.05 bits per heavy atom. The van der Waals surface area contributed by atoms with E-state index < -0.39 is 6.04 Å². The molecule has 8 nitrogen and oxygen atoms in total. The fraction of sp³-hybridized carbons (Fsp3) is 0.281. The van der Waals surface area contributed by atoms with Crippen molar-refractivity contribution in [1.29, 1.82) is 0 Å². The van der Waals surface area contributed by atoms with Gasteiger partial charge < -0.3 is 20.1 Å². The molecule has 1 amide bonds. The van der Waals surface area contributed by atoms with Crippen molar-refractivity contribution in [3.05, 3.63) is 105 Å². The molecule has 2 N–H and O–H groups in total. The maximum Gasteiger partial charge on any atom is 0.255 e. The van der Waals surface area contributed by atoms with Crippen molar-refractivity contribution >= 4 is 33.5 Å². The van der Waals surface area contributed by atoms with E-state index in [1.165, 1.54) is 11.9 Å². The van der Waals surface area contributed by atoms with E-state index in [9.17, 15) is 4.79 Å². The average molecular weight is 617 g/mol. The Balaban J connectivity index is 1.50. The maximum atomic E-state index is 14.0. The number of hydrogen-bond acceptors (Lipinski definition) is 6. The number of para-hydroxylation sites is 2. The Labute approximate surface area is 248 Å². The molecule has 4 aromatic rings. The van der Waals surface area contributed by atoms with Gasteiger partial charge in [-0.1, -0.05) is 73.1 Å². The summed E-state index contributed by atoms with van der Waals surface area (Å²) in [6.07, 6.45) is 1.48. The number of carbonyl (C=O) groups excluding carboxylic acids is 1. The standard InChI is InChI=1S/C32H34BrN5O3/c1-6-40-27-10-8-7-9-25(27)37-30(39)28-20(2)36-31-34-19-35-38(31)29(28)24-17-23(33)15-16-26(24)41-18-21-11-13-22(14-12-21)32(3,4)5/h7-17,19,29H,6,18H2,1-5H3,(H,37,39)(H,34,35,36). The summed E-state index contributed by atoms with van der Waals surface area (Å²) in [6.45, 7) is 11.2. The third-order valence-corrected chi connectivity index (χ3v) is 7.45. The van der Waals surface area contributed by atoms with Gasteiger partial charge in [-0.3, -0.25) is 4.79 Å². The highest BCUT2D eigenvalue weighted by molar-refractivity contribution is 9.10. The lowest BCUT2D eigenvalue weighted by Gasteiger charge is -2.30. The predicted molar refractivity (Wildman–Crippen MR) is 164 cm³/mol. The fourth-order valence-electron chi connectivity index (χ4n) is 4.84. The molecule has 1 atom stereocenters. The highest BCUT2D eigenvalue weighted by atomic mass is 79.9. The Morgan fingerprint density at radius 3 is 2.54 bits per heavy atom. The first-order valence-electron chi connectivity index (χ1n) is 13.6. The SMILES string of the molecule is CCOc1ccccc1NC(=O)C1=C(C)Nc2ncnn2C1c1cc(Br)ccc1OCc1ccc(C(C)(C)C)cc1. The third-order valence-electron chi connectivity index (χ3n) is 6.95. The number of aromatic nitrogens is 3. The molecule has 0 saturated carbocycles. The highest BCUT2D eigenvalue weighted by Crippen LogP contribution is 2.41. The van der Waals surface area contributed by atoms with Gasteiger partial charge in [-0.05, 0) is 60.7 Å². The van der Waals surface area contributed by atoms with E-state index in [0.717, 1.165) is 15.6 Å². The minimum Gasteiger partial charge on any atom is -0.492 e. The van der Waals surface area contributed by atoms with Gasteiger partial charge in [-0.25, -0.2) is 4.68 Å². The van der Waals surface area contributed by atoms with Crippen LogP contribution in [-0.2, 0) is 16.8 Å². The first-order chi connectivity index (χ1) is 19.7. The molecule has 0 fully saturated rings. The van der Waals surface area contributed by atoms with Gasteiger partial charge in [0, 0.05) is 15.7 Å². The highest BCUT2D eigenvalue weighted by Gasteiger charge is 2.35. The summed E-state index contributed by atoms with van der Waals surface area (Å²) < 4.78 is 14.7. The fourth-order valence-corrected chi connectivity index (χ4v) is 5.22. The van der Waals surface area contributed by atoms with E-state index in [1.54, 1.807) is 4.68 Å². The van der Waals surface area contributed by atoms with Crippen LogP contribution in [0, 0.1) is 0 Å². The van der Waals surface area contributed by atoms with Crippen LogP contribution in [0.2, 0.25) is 0 Å². The molecule has 0 bridgehead atoms. The Bertz CT molecular complexity index is 1590. The topological polar surface area (TPSA) is 90.3 Å². The molecule has 9 heteroatoms. The van der Waals surface area contributed by atoms with Crippen molar-refractivity contribution in [3.63, 3.8) is 0 Å². The van der Waals surface area contributed by atoms with E-state index in [2.05, 4.69) is 81.7 Å². The van der Waals surface area contributed by atoms with Crippen LogP contribution in [0.15, 0.2) is 88.8 Å². The minimum atomic E-state index is -0.594. The van der Waals surface area contributed by atoms with Crippen LogP contribution in [0.25, 0.3) is 0 Å². The smallest absolute Gasteiger partial charge is 0.255 e. The first kappa shape index (κ1) is 28.4. The largest absolute Gasteiger partial charge is 0.492 e. The molecule has 5 rings (SSSR count). The molecule has 1 unspecified atom stereocenters. The minimum absolute atomic E-state index is 0.0765. The number of nitrogens with one attached hydrogen (secondary N) is 2. The number of fused-ring (bicyclic) bond motifs is 1. The number of nitrogens with zero attached hydrogens (tertiary/aromatic N) is 3. The lowest BCUT2D eigenvalue weighted by Crippen LogP contribution is -2.32. The van der Waals surface area contributed by atoms with Crippen LogP contribution in [0.3, 0.4) is 0 Å². The van der Waals surface area contributed by atoms with Crippen LogP contribution in [0.5, 0.6) is 11.5 Å². The van der Waals surface area contributed by atoms with Gasteiger partial charge in [-0.15, -0.1) is 0 Å². The summed E-state index contributed by atoms with van der Waals surface area (Å²) >= 11 is 3.62. The van der Waals surface area contributed by atoms with Gasteiger partial charge in [0.15, 0.2) is 0 Å². The molecule has 3 aromatic carbocycles. The zero-order valence-electron chi connectivity index (χ0n) is 23.9. The molecule has 0 aliphatic carbocycles. The van der Waals surface area contributed by atoms with E-state index in [1.807, 2.05) is 56.3 Å². The molecule has 2 heterocycles. The van der Waals surface area contributed by atoms with Gasteiger partial charge in [-0.2, -0.15) is 10.1 Å². The number of hydrogen-bond donors (Lipinski definition) is 2.